The number of hydrogen-bond acceptors (Lipinski definition) is 2. The first-order chi connectivity index (χ1) is 6.99. The number of halogens is 4. The van der Waals surface area contributed by atoms with Crippen LogP contribution in [0.4, 0.5) is 13.2 Å². The molecule has 0 fully saturated rings. The molecule has 0 radical (unpaired) electrons. The minimum Gasteiger partial charge on any atom is -0.476 e. The van der Waals surface area contributed by atoms with E-state index in [-0.39, 0.29) is 11.4 Å². The first-order valence-corrected chi connectivity index (χ1v) is 4.27. The first kappa shape index (κ1) is 11.8. The lowest BCUT2D eigenvalue weighted by atomic mass is 10.1. The molecule has 1 aromatic rings. The van der Waals surface area contributed by atoms with E-state index in [1.807, 2.05) is 0 Å². The predicted molar refractivity (Wildman–Crippen MR) is 45.7 cm³/mol. The number of pyridine rings is 1. The molecule has 0 saturated heterocycles. The number of rotatable bonds is 3. The number of alkyl halides is 3. The van der Waals surface area contributed by atoms with E-state index in [9.17, 15) is 18.0 Å². The van der Waals surface area contributed by atoms with Gasteiger partial charge in [-0.1, -0.05) is 0 Å². The Morgan fingerprint density at radius 1 is 1.60 bits per heavy atom. The zero-order chi connectivity index (χ0) is 11.6. The Hall–Kier alpha value is -1.30. The quantitative estimate of drug-likeness (QED) is 0.825. The zero-order valence-electron chi connectivity index (χ0n) is 7.18. The average Bonchev–Trinajstić information content (AvgIpc) is 2.15. The average molecular weight is 240 g/mol. The number of aromatic carboxylic acids is 1. The topological polar surface area (TPSA) is 50.2 Å². The van der Waals surface area contributed by atoms with E-state index in [2.05, 4.69) is 4.98 Å². The summed E-state index contributed by atoms with van der Waals surface area (Å²) >= 11 is 5.29. The Kier molecular flexibility index (Phi) is 3.52. The first-order valence-electron chi connectivity index (χ1n) is 3.73. The van der Waals surface area contributed by atoms with Crippen LogP contribution in [-0.2, 0) is 5.88 Å². The second kappa shape index (κ2) is 4.48. The molecule has 0 aliphatic rings. The van der Waals surface area contributed by atoms with Gasteiger partial charge >= 0.3 is 5.97 Å². The minimum atomic E-state index is -3.13. The molecular formula is C8H5ClF3NO2. The minimum absolute atomic E-state index is 0.214. The van der Waals surface area contributed by atoms with Gasteiger partial charge < -0.3 is 5.11 Å². The standard InChI is InChI=1S/C8H5ClF3NO2/c9-1-3-2-13-6(8(14)15)5(10)4(3)7(11)12/h2,7H,1H2,(H,14,15). The molecule has 0 aliphatic heterocycles. The SMILES string of the molecule is O=C(O)c1ncc(CCl)c(C(F)F)c1F. The highest BCUT2D eigenvalue weighted by molar-refractivity contribution is 6.17. The maximum Gasteiger partial charge on any atom is 0.357 e. The molecule has 15 heavy (non-hydrogen) atoms. The molecule has 0 bridgehead atoms. The van der Waals surface area contributed by atoms with E-state index in [1.54, 1.807) is 0 Å². The van der Waals surface area contributed by atoms with E-state index in [1.165, 1.54) is 0 Å². The Morgan fingerprint density at radius 2 is 2.20 bits per heavy atom. The van der Waals surface area contributed by atoms with Gasteiger partial charge in [0.15, 0.2) is 11.5 Å². The Balaban J connectivity index is 3.42. The fourth-order valence-corrected chi connectivity index (χ4v) is 1.24. The largest absolute Gasteiger partial charge is 0.476 e. The van der Waals surface area contributed by atoms with Gasteiger partial charge in [-0.25, -0.2) is 22.9 Å². The summed E-state index contributed by atoms with van der Waals surface area (Å²) < 4.78 is 38.0. The van der Waals surface area contributed by atoms with Crippen LogP contribution in [0.25, 0.3) is 0 Å². The summed E-state index contributed by atoms with van der Waals surface area (Å²) in [6, 6.07) is 0. The van der Waals surface area contributed by atoms with Crippen LogP contribution in [0.15, 0.2) is 6.20 Å². The summed E-state index contributed by atoms with van der Waals surface area (Å²) in [7, 11) is 0. The molecule has 0 aromatic carbocycles. The molecule has 1 heterocycles. The molecule has 1 aromatic heterocycles. The third-order valence-corrected chi connectivity index (χ3v) is 1.99. The van der Waals surface area contributed by atoms with Crippen LogP contribution in [0.2, 0.25) is 0 Å². The summed E-state index contributed by atoms with van der Waals surface area (Å²) in [4.78, 5) is 13.6. The van der Waals surface area contributed by atoms with Crippen LogP contribution in [0.1, 0.15) is 28.0 Å². The fourth-order valence-electron chi connectivity index (χ4n) is 1.03. The Bertz CT molecular complexity index is 398. The van der Waals surface area contributed by atoms with Gasteiger partial charge in [-0.2, -0.15) is 0 Å². The van der Waals surface area contributed by atoms with E-state index in [4.69, 9.17) is 16.7 Å². The van der Waals surface area contributed by atoms with Gasteiger partial charge in [0.05, 0.1) is 5.56 Å². The summed E-state index contributed by atoms with van der Waals surface area (Å²) in [6.45, 7) is 0. The number of carbonyl (C=O) groups is 1. The van der Waals surface area contributed by atoms with Gasteiger partial charge in [-0.15, -0.1) is 11.6 Å². The van der Waals surface area contributed by atoms with Gasteiger partial charge in [-0.3, -0.25) is 0 Å². The number of nitrogens with zero attached hydrogens (tertiary/aromatic N) is 1. The summed E-state index contributed by atoms with van der Waals surface area (Å²) in [5, 5.41) is 8.46. The van der Waals surface area contributed by atoms with E-state index in [0.29, 0.717) is 0 Å². The van der Waals surface area contributed by atoms with Gasteiger partial charge in [0, 0.05) is 12.1 Å². The zero-order valence-corrected chi connectivity index (χ0v) is 7.93. The molecule has 0 amide bonds. The van der Waals surface area contributed by atoms with Gasteiger partial charge in [0.25, 0.3) is 6.43 Å². The van der Waals surface area contributed by atoms with E-state index < -0.39 is 29.5 Å². The summed E-state index contributed by atoms with van der Waals surface area (Å²) in [5.74, 6) is -3.59. The van der Waals surface area contributed by atoms with E-state index in [0.717, 1.165) is 6.20 Å². The lowest BCUT2D eigenvalue weighted by Crippen LogP contribution is -2.09. The van der Waals surface area contributed by atoms with Crippen molar-refractivity contribution in [2.45, 2.75) is 12.3 Å². The second-order valence-electron chi connectivity index (χ2n) is 2.60. The van der Waals surface area contributed by atoms with Gasteiger partial charge in [0.2, 0.25) is 0 Å². The highest BCUT2D eigenvalue weighted by atomic mass is 35.5. The van der Waals surface area contributed by atoms with Crippen molar-refractivity contribution in [1.82, 2.24) is 4.98 Å². The lowest BCUT2D eigenvalue weighted by Gasteiger charge is -2.08. The van der Waals surface area contributed by atoms with Crippen LogP contribution in [0.3, 0.4) is 0 Å². The van der Waals surface area contributed by atoms with Crippen molar-refractivity contribution in [2.75, 3.05) is 0 Å². The van der Waals surface area contributed by atoms with Crippen molar-refractivity contribution in [2.24, 2.45) is 0 Å². The molecule has 1 rings (SSSR count). The van der Waals surface area contributed by atoms with Crippen LogP contribution >= 0.6 is 11.6 Å². The smallest absolute Gasteiger partial charge is 0.357 e. The maximum absolute atomic E-state index is 13.2. The third-order valence-electron chi connectivity index (χ3n) is 1.70. The molecule has 0 atom stereocenters. The van der Waals surface area contributed by atoms with Crippen molar-refractivity contribution < 1.29 is 23.1 Å². The van der Waals surface area contributed by atoms with Crippen LogP contribution < -0.4 is 0 Å². The van der Waals surface area contributed by atoms with Crippen LogP contribution in [0.5, 0.6) is 0 Å². The number of carboxylic acids is 1. The van der Waals surface area contributed by atoms with Crippen molar-refractivity contribution in [3.8, 4) is 0 Å². The van der Waals surface area contributed by atoms with Crippen LogP contribution in [-0.4, -0.2) is 16.1 Å². The lowest BCUT2D eigenvalue weighted by molar-refractivity contribution is 0.0683. The van der Waals surface area contributed by atoms with Crippen molar-refractivity contribution >= 4 is 17.6 Å². The Morgan fingerprint density at radius 3 is 2.60 bits per heavy atom. The van der Waals surface area contributed by atoms with Gasteiger partial charge in [0.1, 0.15) is 0 Å². The fraction of sp³-hybridized carbons (Fsp3) is 0.250. The number of hydrogen-bond donors (Lipinski definition) is 1. The molecule has 0 aliphatic carbocycles. The molecule has 7 heteroatoms. The Labute approximate surface area is 87.5 Å². The van der Waals surface area contributed by atoms with Crippen molar-refractivity contribution in [3.05, 3.63) is 28.8 Å². The summed E-state index contributed by atoms with van der Waals surface area (Å²) in [5.41, 5.74) is -2.24. The normalized spacial score (nSPS) is 10.7. The molecule has 0 unspecified atom stereocenters. The summed E-state index contributed by atoms with van der Waals surface area (Å²) in [6.07, 6.45) is -2.29. The molecular weight excluding hydrogens is 235 g/mol. The molecule has 82 valence electrons. The van der Waals surface area contributed by atoms with Crippen molar-refractivity contribution in [1.29, 1.82) is 0 Å². The van der Waals surface area contributed by atoms with Crippen LogP contribution in [0, 0.1) is 5.82 Å². The highest BCUT2D eigenvalue weighted by Gasteiger charge is 2.24. The second-order valence-corrected chi connectivity index (χ2v) is 2.87. The highest BCUT2D eigenvalue weighted by Crippen LogP contribution is 2.27. The molecule has 3 nitrogen and oxygen atoms in total. The number of carboxylic acid groups (broad SMARTS) is 1. The number of aromatic nitrogens is 1. The third kappa shape index (κ3) is 2.20. The predicted octanol–water partition coefficient (Wildman–Crippen LogP) is 2.60. The monoisotopic (exact) mass is 239 g/mol. The molecule has 0 saturated carbocycles. The van der Waals surface area contributed by atoms with E-state index >= 15 is 0 Å². The van der Waals surface area contributed by atoms with Gasteiger partial charge in [-0.05, 0) is 5.56 Å². The maximum atomic E-state index is 13.2. The molecule has 1 N–H and O–H groups in total. The van der Waals surface area contributed by atoms with Crippen molar-refractivity contribution in [3.63, 3.8) is 0 Å². The molecule has 0 spiro atoms.